The van der Waals surface area contributed by atoms with E-state index in [1.807, 2.05) is 18.2 Å². The van der Waals surface area contributed by atoms with Gasteiger partial charge in [0.05, 0.1) is 11.6 Å². The fourth-order valence-electron chi connectivity index (χ4n) is 3.62. The molecule has 6 nitrogen and oxygen atoms in total. The van der Waals surface area contributed by atoms with Crippen LogP contribution in [0.4, 0.5) is 0 Å². The molecule has 0 spiro atoms. The monoisotopic (exact) mass is 405 g/mol. The number of hydrogen-bond acceptors (Lipinski definition) is 4. The van der Waals surface area contributed by atoms with Crippen LogP contribution in [-0.2, 0) is 11.4 Å². The lowest BCUT2D eigenvalue weighted by molar-refractivity contribution is -0.125. The van der Waals surface area contributed by atoms with Crippen molar-refractivity contribution in [1.82, 2.24) is 10.6 Å². The van der Waals surface area contributed by atoms with Crippen LogP contribution in [0.25, 0.3) is 0 Å². The standard InChI is InChI=1S/C24H27N3O3/c25-16-20-9-4-5-10-21(20)17-30-22-12-6-11-19(15-22)24(29)27-14-13-26-23(28)18-7-2-1-3-8-18/h4-6,9-12,15,18H,1-3,7-8,13-14,17H2,(H,26,28)(H,27,29). The summed E-state index contributed by atoms with van der Waals surface area (Å²) in [5, 5.41) is 14.9. The van der Waals surface area contributed by atoms with Crippen LogP contribution in [0.2, 0.25) is 0 Å². The fraction of sp³-hybridized carbons (Fsp3) is 0.375. The van der Waals surface area contributed by atoms with E-state index >= 15 is 0 Å². The molecule has 0 unspecified atom stereocenters. The van der Waals surface area contributed by atoms with Gasteiger partial charge in [0.1, 0.15) is 12.4 Å². The van der Waals surface area contributed by atoms with Gasteiger partial charge in [-0.1, -0.05) is 43.5 Å². The fourth-order valence-corrected chi connectivity index (χ4v) is 3.62. The summed E-state index contributed by atoms with van der Waals surface area (Å²) in [4.78, 5) is 24.5. The molecule has 0 bridgehead atoms. The Bertz CT molecular complexity index is 914. The van der Waals surface area contributed by atoms with Crippen molar-refractivity contribution < 1.29 is 14.3 Å². The molecule has 2 amide bonds. The lowest BCUT2D eigenvalue weighted by Gasteiger charge is -2.20. The zero-order valence-corrected chi connectivity index (χ0v) is 17.0. The third-order valence-electron chi connectivity index (χ3n) is 5.31. The van der Waals surface area contributed by atoms with Crippen molar-refractivity contribution in [3.05, 3.63) is 65.2 Å². The smallest absolute Gasteiger partial charge is 0.251 e. The topological polar surface area (TPSA) is 91.2 Å². The maximum absolute atomic E-state index is 12.4. The molecular weight excluding hydrogens is 378 g/mol. The van der Waals surface area contributed by atoms with Gasteiger partial charge in [-0.05, 0) is 37.1 Å². The van der Waals surface area contributed by atoms with Crippen molar-refractivity contribution in [2.75, 3.05) is 13.1 Å². The Hall–Kier alpha value is -3.33. The van der Waals surface area contributed by atoms with Gasteiger partial charge in [-0.25, -0.2) is 0 Å². The van der Waals surface area contributed by atoms with Crippen molar-refractivity contribution in [3.8, 4) is 11.8 Å². The van der Waals surface area contributed by atoms with Crippen LogP contribution in [0, 0.1) is 17.2 Å². The van der Waals surface area contributed by atoms with Crippen molar-refractivity contribution in [3.63, 3.8) is 0 Å². The van der Waals surface area contributed by atoms with E-state index in [-0.39, 0.29) is 24.3 Å². The summed E-state index contributed by atoms with van der Waals surface area (Å²) in [6.07, 6.45) is 5.38. The number of carbonyl (C=O) groups excluding carboxylic acids is 2. The molecule has 0 aliphatic heterocycles. The molecule has 0 radical (unpaired) electrons. The first-order valence-corrected chi connectivity index (χ1v) is 10.4. The Kier molecular flexibility index (Phi) is 7.85. The maximum Gasteiger partial charge on any atom is 0.251 e. The Labute approximate surface area is 177 Å². The van der Waals surface area contributed by atoms with Gasteiger partial charge in [0.15, 0.2) is 0 Å². The van der Waals surface area contributed by atoms with Gasteiger partial charge in [0.2, 0.25) is 5.91 Å². The molecule has 1 saturated carbocycles. The van der Waals surface area contributed by atoms with Crippen molar-refractivity contribution >= 4 is 11.8 Å². The van der Waals surface area contributed by atoms with E-state index in [1.54, 1.807) is 30.3 Å². The number of amides is 2. The number of carbonyl (C=O) groups is 2. The largest absolute Gasteiger partial charge is 0.489 e. The molecule has 1 aliphatic rings. The molecule has 6 heteroatoms. The molecule has 2 N–H and O–H groups in total. The maximum atomic E-state index is 12.4. The van der Waals surface area contributed by atoms with Gasteiger partial charge in [-0.15, -0.1) is 0 Å². The van der Waals surface area contributed by atoms with E-state index in [9.17, 15) is 9.59 Å². The Morgan fingerprint density at radius 2 is 1.77 bits per heavy atom. The summed E-state index contributed by atoms with van der Waals surface area (Å²) in [5.41, 5.74) is 1.85. The highest BCUT2D eigenvalue weighted by Gasteiger charge is 2.20. The van der Waals surface area contributed by atoms with Crippen LogP contribution in [0.15, 0.2) is 48.5 Å². The van der Waals surface area contributed by atoms with Gasteiger partial charge >= 0.3 is 0 Å². The molecule has 1 fully saturated rings. The zero-order valence-electron chi connectivity index (χ0n) is 17.0. The summed E-state index contributed by atoms with van der Waals surface area (Å²) >= 11 is 0. The van der Waals surface area contributed by atoms with Crippen LogP contribution >= 0.6 is 0 Å². The van der Waals surface area contributed by atoms with E-state index in [2.05, 4.69) is 16.7 Å². The highest BCUT2D eigenvalue weighted by atomic mass is 16.5. The van der Waals surface area contributed by atoms with E-state index in [0.29, 0.717) is 30.0 Å². The number of nitrogens with one attached hydrogen (secondary N) is 2. The second kappa shape index (κ2) is 11.0. The Morgan fingerprint density at radius 1 is 1.00 bits per heavy atom. The lowest BCUT2D eigenvalue weighted by atomic mass is 9.89. The molecular formula is C24H27N3O3. The molecule has 156 valence electrons. The number of nitriles is 1. The van der Waals surface area contributed by atoms with Crippen LogP contribution in [0.3, 0.4) is 0 Å². The predicted octanol–water partition coefficient (Wildman–Crippen LogP) is 3.56. The van der Waals surface area contributed by atoms with Gasteiger partial charge in [0, 0.05) is 30.1 Å². The Morgan fingerprint density at radius 3 is 2.57 bits per heavy atom. The lowest BCUT2D eigenvalue weighted by Crippen LogP contribution is -2.38. The van der Waals surface area contributed by atoms with E-state index in [0.717, 1.165) is 31.2 Å². The normalized spacial score (nSPS) is 13.8. The van der Waals surface area contributed by atoms with E-state index < -0.39 is 0 Å². The van der Waals surface area contributed by atoms with Crippen molar-refractivity contribution in [2.24, 2.45) is 5.92 Å². The third kappa shape index (κ3) is 6.08. The molecule has 2 aromatic carbocycles. The molecule has 1 aliphatic carbocycles. The number of ether oxygens (including phenoxy) is 1. The average molecular weight is 405 g/mol. The highest BCUT2D eigenvalue weighted by molar-refractivity contribution is 5.94. The second-order valence-corrected chi connectivity index (χ2v) is 7.47. The summed E-state index contributed by atoms with van der Waals surface area (Å²) in [7, 11) is 0. The Balaban J connectivity index is 1.45. The summed E-state index contributed by atoms with van der Waals surface area (Å²) in [6.45, 7) is 1.04. The number of nitrogens with zero attached hydrogens (tertiary/aromatic N) is 1. The third-order valence-corrected chi connectivity index (χ3v) is 5.31. The first-order valence-electron chi connectivity index (χ1n) is 10.4. The van der Waals surface area contributed by atoms with Gasteiger partial charge < -0.3 is 15.4 Å². The summed E-state index contributed by atoms with van der Waals surface area (Å²) in [6, 6.07) is 16.3. The minimum Gasteiger partial charge on any atom is -0.489 e. The molecule has 0 heterocycles. The van der Waals surface area contributed by atoms with Gasteiger partial charge in [-0.3, -0.25) is 9.59 Å². The molecule has 0 aromatic heterocycles. The first kappa shape index (κ1) is 21.4. The van der Waals surface area contributed by atoms with Crippen LogP contribution in [-0.4, -0.2) is 24.9 Å². The first-order chi connectivity index (χ1) is 14.7. The van der Waals surface area contributed by atoms with Crippen LogP contribution in [0.1, 0.15) is 53.6 Å². The SMILES string of the molecule is N#Cc1ccccc1COc1cccc(C(=O)NCCNC(=O)C2CCCCC2)c1. The minimum absolute atomic E-state index is 0.0944. The quantitative estimate of drug-likeness (QED) is 0.657. The summed E-state index contributed by atoms with van der Waals surface area (Å²) < 4.78 is 5.76. The molecule has 0 saturated heterocycles. The van der Waals surface area contributed by atoms with E-state index in [1.165, 1.54) is 6.42 Å². The highest BCUT2D eigenvalue weighted by Crippen LogP contribution is 2.23. The van der Waals surface area contributed by atoms with Crippen LogP contribution < -0.4 is 15.4 Å². The number of benzene rings is 2. The predicted molar refractivity (Wildman–Crippen MR) is 114 cm³/mol. The van der Waals surface area contributed by atoms with Crippen molar-refractivity contribution in [1.29, 1.82) is 5.26 Å². The van der Waals surface area contributed by atoms with Crippen molar-refractivity contribution in [2.45, 2.75) is 38.7 Å². The molecule has 0 atom stereocenters. The molecule has 30 heavy (non-hydrogen) atoms. The van der Waals surface area contributed by atoms with Gasteiger partial charge in [0.25, 0.3) is 5.91 Å². The summed E-state index contributed by atoms with van der Waals surface area (Å²) in [5.74, 6) is 0.553. The number of rotatable bonds is 8. The number of hydrogen-bond donors (Lipinski definition) is 2. The van der Waals surface area contributed by atoms with Crippen LogP contribution in [0.5, 0.6) is 5.75 Å². The van der Waals surface area contributed by atoms with Gasteiger partial charge in [-0.2, -0.15) is 5.26 Å². The average Bonchev–Trinajstić information content (AvgIpc) is 2.81. The minimum atomic E-state index is -0.218. The second-order valence-electron chi connectivity index (χ2n) is 7.47. The van der Waals surface area contributed by atoms with E-state index in [4.69, 9.17) is 10.00 Å². The molecule has 2 aromatic rings. The molecule has 3 rings (SSSR count). The zero-order chi connectivity index (χ0) is 21.2.